The van der Waals surface area contributed by atoms with E-state index in [0.29, 0.717) is 43.9 Å². The first-order chi connectivity index (χ1) is 16.4. The number of carboxylic acids is 1. The van der Waals surface area contributed by atoms with Crippen LogP contribution >= 0.6 is 0 Å². The van der Waals surface area contributed by atoms with Crippen LogP contribution in [-0.2, 0) is 14.4 Å². The number of hydrazone groups is 1. The number of ether oxygens (including phenoxy) is 2. The predicted molar refractivity (Wildman–Crippen MR) is 125 cm³/mol. The lowest BCUT2D eigenvalue weighted by molar-refractivity contribution is -0.144. The summed E-state index contributed by atoms with van der Waals surface area (Å²) in [4.78, 5) is 38.2. The minimum Gasteiger partial charge on any atom is -0.493 e. The van der Waals surface area contributed by atoms with E-state index in [2.05, 4.69) is 12.2 Å². The maximum Gasteiger partial charge on any atom is 0.303 e. The Bertz CT molecular complexity index is 1010. The van der Waals surface area contributed by atoms with Crippen molar-refractivity contribution < 1.29 is 29.0 Å². The molecule has 34 heavy (non-hydrogen) atoms. The molecule has 0 aromatic heterocycles. The number of methoxy groups -OCH3 is 2. The summed E-state index contributed by atoms with van der Waals surface area (Å²) >= 11 is 0. The summed E-state index contributed by atoms with van der Waals surface area (Å²) < 4.78 is 10.9. The van der Waals surface area contributed by atoms with Crippen molar-refractivity contribution >= 4 is 23.5 Å². The van der Waals surface area contributed by atoms with Crippen molar-refractivity contribution in [1.29, 1.82) is 0 Å². The Labute approximate surface area is 199 Å². The molecule has 1 saturated heterocycles. The summed E-state index contributed by atoms with van der Waals surface area (Å²) in [5.74, 6) is -0.00877. The van der Waals surface area contributed by atoms with Crippen molar-refractivity contribution in [2.75, 3.05) is 27.3 Å². The van der Waals surface area contributed by atoms with E-state index in [-0.39, 0.29) is 42.5 Å². The van der Waals surface area contributed by atoms with Gasteiger partial charge in [0.25, 0.3) is 0 Å². The third-order valence-corrected chi connectivity index (χ3v) is 6.94. The minimum atomic E-state index is -0.977. The van der Waals surface area contributed by atoms with E-state index in [1.54, 1.807) is 24.1 Å². The molecule has 0 spiro atoms. The lowest BCUT2D eigenvalue weighted by atomic mass is 9.76. The van der Waals surface area contributed by atoms with Gasteiger partial charge >= 0.3 is 5.97 Å². The van der Waals surface area contributed by atoms with E-state index in [4.69, 9.17) is 19.7 Å². The van der Waals surface area contributed by atoms with Gasteiger partial charge in [0, 0.05) is 31.0 Å². The number of carboxylic acid groups (broad SMARTS) is 1. The fraction of sp³-hybridized carbons (Fsp3) is 0.520. The number of amides is 2. The van der Waals surface area contributed by atoms with E-state index < -0.39 is 5.97 Å². The standard InChI is InChI=1S/C25H31N3O6/c1-33-20-8-7-16(15-21(20)34-2)24-18-5-3-4-6-19(18)25(32)28(26-24)17-11-13-27(14-12-17)22(29)9-10-23(30)31/h3-4,7-8,15,17-19H,5-6,9-14H2,1-2H3,(H,30,31). The molecule has 2 aliphatic heterocycles. The molecule has 182 valence electrons. The monoisotopic (exact) mass is 469 g/mol. The SMILES string of the molecule is COc1ccc(C2=NN(C3CCN(C(=O)CCC(=O)O)CC3)C(=O)C3CC=CCC23)cc1OC. The molecular formula is C25H31N3O6. The molecule has 3 aliphatic rings. The molecule has 1 aromatic rings. The maximum absolute atomic E-state index is 13.4. The van der Waals surface area contributed by atoms with Crippen molar-refractivity contribution in [3.8, 4) is 11.5 Å². The van der Waals surface area contributed by atoms with Crippen LogP contribution in [0.3, 0.4) is 0 Å². The van der Waals surface area contributed by atoms with E-state index in [1.165, 1.54) is 0 Å². The fourth-order valence-electron chi connectivity index (χ4n) is 5.06. The number of carbonyl (C=O) groups is 3. The van der Waals surface area contributed by atoms with Crippen molar-refractivity contribution in [2.24, 2.45) is 16.9 Å². The molecule has 1 N–H and O–H groups in total. The molecule has 2 heterocycles. The van der Waals surface area contributed by atoms with Crippen LogP contribution in [-0.4, -0.2) is 71.9 Å². The van der Waals surface area contributed by atoms with Gasteiger partial charge in [-0.15, -0.1) is 0 Å². The van der Waals surface area contributed by atoms with Gasteiger partial charge in [0.15, 0.2) is 11.5 Å². The first-order valence-electron chi connectivity index (χ1n) is 11.7. The molecule has 2 unspecified atom stereocenters. The van der Waals surface area contributed by atoms with Crippen LogP contribution in [0.5, 0.6) is 11.5 Å². The summed E-state index contributed by atoms with van der Waals surface area (Å²) in [7, 11) is 3.19. The molecule has 4 rings (SSSR count). The van der Waals surface area contributed by atoms with Crippen molar-refractivity contribution in [1.82, 2.24) is 9.91 Å². The lowest BCUT2D eigenvalue weighted by Crippen LogP contribution is -2.52. The minimum absolute atomic E-state index is 0.000334. The Kier molecular flexibility index (Phi) is 7.19. The lowest BCUT2D eigenvalue weighted by Gasteiger charge is -2.42. The second-order valence-corrected chi connectivity index (χ2v) is 8.90. The fourth-order valence-corrected chi connectivity index (χ4v) is 5.06. The topological polar surface area (TPSA) is 109 Å². The number of fused-ring (bicyclic) bond motifs is 1. The smallest absolute Gasteiger partial charge is 0.303 e. The third kappa shape index (κ3) is 4.78. The van der Waals surface area contributed by atoms with Crippen LogP contribution in [0.1, 0.15) is 44.1 Å². The van der Waals surface area contributed by atoms with Gasteiger partial charge in [0.1, 0.15) is 0 Å². The molecular weight excluding hydrogens is 438 g/mol. The number of benzene rings is 1. The van der Waals surface area contributed by atoms with Crippen molar-refractivity contribution in [3.63, 3.8) is 0 Å². The summed E-state index contributed by atoms with van der Waals surface area (Å²) in [5.41, 5.74) is 1.77. The molecule has 0 radical (unpaired) electrons. The molecule has 1 aromatic carbocycles. The molecule has 9 nitrogen and oxygen atoms in total. The Balaban J connectivity index is 1.56. The quantitative estimate of drug-likeness (QED) is 0.615. The highest BCUT2D eigenvalue weighted by Crippen LogP contribution is 2.38. The van der Waals surface area contributed by atoms with Gasteiger partial charge < -0.3 is 19.5 Å². The molecule has 2 atom stereocenters. The van der Waals surface area contributed by atoms with Crippen molar-refractivity contribution in [3.05, 3.63) is 35.9 Å². The molecule has 2 amide bonds. The van der Waals surface area contributed by atoms with Crippen LogP contribution in [0, 0.1) is 11.8 Å². The predicted octanol–water partition coefficient (Wildman–Crippen LogP) is 2.69. The number of hydrogen-bond donors (Lipinski definition) is 1. The maximum atomic E-state index is 13.4. The average molecular weight is 470 g/mol. The number of aliphatic carboxylic acids is 1. The highest BCUT2D eigenvalue weighted by Gasteiger charge is 2.43. The van der Waals surface area contributed by atoms with Crippen LogP contribution in [0.4, 0.5) is 0 Å². The molecule has 1 aliphatic carbocycles. The van der Waals surface area contributed by atoms with Crippen LogP contribution in [0.15, 0.2) is 35.5 Å². The second kappa shape index (κ2) is 10.3. The third-order valence-electron chi connectivity index (χ3n) is 6.94. The van der Waals surface area contributed by atoms with E-state index in [0.717, 1.165) is 17.7 Å². The van der Waals surface area contributed by atoms with Gasteiger partial charge in [-0.05, 0) is 43.9 Å². The van der Waals surface area contributed by atoms with Gasteiger partial charge in [0.2, 0.25) is 11.8 Å². The number of nitrogens with zero attached hydrogens (tertiary/aromatic N) is 3. The Morgan fingerprint density at radius 2 is 1.71 bits per heavy atom. The average Bonchev–Trinajstić information content (AvgIpc) is 2.87. The number of likely N-dealkylation sites (tertiary alicyclic amines) is 1. The number of allylic oxidation sites excluding steroid dienone is 2. The Morgan fingerprint density at radius 3 is 2.35 bits per heavy atom. The number of rotatable bonds is 7. The molecule has 9 heteroatoms. The van der Waals surface area contributed by atoms with Gasteiger partial charge in [-0.25, -0.2) is 5.01 Å². The largest absolute Gasteiger partial charge is 0.493 e. The van der Waals surface area contributed by atoms with Crippen LogP contribution in [0.2, 0.25) is 0 Å². The van der Waals surface area contributed by atoms with Crippen LogP contribution in [0.25, 0.3) is 0 Å². The Morgan fingerprint density at radius 1 is 1.03 bits per heavy atom. The second-order valence-electron chi connectivity index (χ2n) is 8.90. The first-order valence-corrected chi connectivity index (χ1v) is 11.7. The van der Waals surface area contributed by atoms with Gasteiger partial charge in [-0.3, -0.25) is 14.4 Å². The zero-order valence-electron chi connectivity index (χ0n) is 19.6. The molecule has 0 saturated carbocycles. The zero-order chi connectivity index (χ0) is 24.2. The number of hydrogen-bond acceptors (Lipinski definition) is 6. The van der Waals surface area contributed by atoms with Gasteiger partial charge in [-0.2, -0.15) is 5.10 Å². The summed E-state index contributed by atoms with van der Waals surface area (Å²) in [6, 6.07) is 5.61. The first kappa shape index (κ1) is 23.8. The van der Waals surface area contributed by atoms with Gasteiger partial charge in [0.05, 0.1) is 38.3 Å². The molecule has 1 fully saturated rings. The van der Waals surface area contributed by atoms with E-state index in [9.17, 15) is 14.4 Å². The summed E-state index contributed by atoms with van der Waals surface area (Å²) in [5, 5.41) is 15.4. The molecule has 0 bridgehead atoms. The van der Waals surface area contributed by atoms with Crippen molar-refractivity contribution in [2.45, 2.75) is 44.6 Å². The van der Waals surface area contributed by atoms with E-state index in [1.807, 2.05) is 18.2 Å². The highest BCUT2D eigenvalue weighted by atomic mass is 16.5. The highest BCUT2D eigenvalue weighted by molar-refractivity contribution is 6.07. The zero-order valence-corrected chi connectivity index (χ0v) is 19.6. The summed E-state index contributed by atoms with van der Waals surface area (Å²) in [6.45, 7) is 0.976. The van der Waals surface area contributed by atoms with Crippen LogP contribution < -0.4 is 9.47 Å². The number of piperidine rings is 1. The number of carbonyl (C=O) groups excluding carboxylic acids is 2. The normalized spacial score (nSPS) is 22.8. The van der Waals surface area contributed by atoms with E-state index >= 15 is 0 Å². The van der Waals surface area contributed by atoms with Gasteiger partial charge in [-0.1, -0.05) is 12.2 Å². The Hall–Kier alpha value is -3.36. The summed E-state index contributed by atoms with van der Waals surface area (Å²) in [6.07, 6.45) is 6.67.